The number of methoxy groups -OCH3 is 1. The molecule has 2 aromatic heterocycles. The number of anilines is 1. The van der Waals surface area contributed by atoms with E-state index in [1.807, 2.05) is 35.7 Å². The van der Waals surface area contributed by atoms with Crippen LogP contribution in [0.15, 0.2) is 77.2 Å². The van der Waals surface area contributed by atoms with Gasteiger partial charge in [0.15, 0.2) is 0 Å². The van der Waals surface area contributed by atoms with E-state index in [0.717, 1.165) is 21.9 Å². The quantitative estimate of drug-likeness (QED) is 0.322. The lowest BCUT2D eigenvalue weighted by atomic mass is 10.0. The Morgan fingerprint density at radius 1 is 1.12 bits per heavy atom. The molecule has 0 fully saturated rings. The fourth-order valence-electron chi connectivity index (χ4n) is 3.91. The molecule has 0 radical (unpaired) electrons. The van der Waals surface area contributed by atoms with Crippen molar-refractivity contribution in [1.29, 1.82) is 0 Å². The van der Waals surface area contributed by atoms with Gasteiger partial charge in [-0.2, -0.15) is 0 Å². The standard InChI is InChI=1S/C26H20ClN3O3S/c1-15(24(31)29-19-9-10-22(33-2)21(27)12-19)30-14-28-25-23(26(30)32)20(13-34-25)18-8-7-16-5-3-4-6-17(16)11-18/h3-15H,1-2H3,(H,29,31). The van der Waals surface area contributed by atoms with Crippen LogP contribution in [0.1, 0.15) is 13.0 Å². The molecular weight excluding hydrogens is 470 g/mol. The zero-order chi connectivity index (χ0) is 23.8. The van der Waals surface area contributed by atoms with E-state index in [9.17, 15) is 9.59 Å². The highest BCUT2D eigenvalue weighted by Crippen LogP contribution is 2.33. The number of hydrogen-bond acceptors (Lipinski definition) is 5. The number of aromatic nitrogens is 2. The van der Waals surface area contributed by atoms with Gasteiger partial charge in [0, 0.05) is 16.6 Å². The summed E-state index contributed by atoms with van der Waals surface area (Å²) in [7, 11) is 1.52. The van der Waals surface area contributed by atoms with Crippen molar-refractivity contribution in [2.24, 2.45) is 0 Å². The Kier molecular flexibility index (Phi) is 5.81. The number of halogens is 1. The van der Waals surface area contributed by atoms with Gasteiger partial charge in [-0.25, -0.2) is 4.98 Å². The Morgan fingerprint density at radius 2 is 1.91 bits per heavy atom. The maximum absolute atomic E-state index is 13.5. The van der Waals surface area contributed by atoms with Crippen molar-refractivity contribution in [2.75, 3.05) is 12.4 Å². The van der Waals surface area contributed by atoms with Gasteiger partial charge in [-0.15, -0.1) is 11.3 Å². The molecule has 0 saturated carbocycles. The molecule has 1 atom stereocenters. The van der Waals surface area contributed by atoms with Gasteiger partial charge in [0.2, 0.25) is 5.91 Å². The lowest BCUT2D eigenvalue weighted by Gasteiger charge is -2.15. The third-order valence-corrected chi connectivity index (χ3v) is 6.98. The highest BCUT2D eigenvalue weighted by molar-refractivity contribution is 7.17. The van der Waals surface area contributed by atoms with Crippen molar-refractivity contribution in [2.45, 2.75) is 13.0 Å². The first-order chi connectivity index (χ1) is 16.5. The predicted molar refractivity (Wildman–Crippen MR) is 138 cm³/mol. The zero-order valence-electron chi connectivity index (χ0n) is 18.4. The molecule has 0 bridgehead atoms. The largest absolute Gasteiger partial charge is 0.495 e. The molecular formula is C26H20ClN3O3S. The fraction of sp³-hybridized carbons (Fsp3) is 0.115. The average molecular weight is 490 g/mol. The van der Waals surface area contributed by atoms with Crippen molar-refractivity contribution >= 4 is 55.5 Å². The maximum atomic E-state index is 13.5. The van der Waals surface area contributed by atoms with Crippen LogP contribution in [-0.2, 0) is 4.79 Å². The van der Waals surface area contributed by atoms with Crippen LogP contribution in [0.3, 0.4) is 0 Å². The van der Waals surface area contributed by atoms with Gasteiger partial charge in [0.25, 0.3) is 5.56 Å². The van der Waals surface area contributed by atoms with E-state index in [0.29, 0.717) is 26.7 Å². The smallest absolute Gasteiger partial charge is 0.263 e. The van der Waals surface area contributed by atoms with Gasteiger partial charge in [-0.05, 0) is 47.5 Å². The van der Waals surface area contributed by atoms with Crippen LogP contribution in [0, 0.1) is 0 Å². The third kappa shape index (κ3) is 3.93. The summed E-state index contributed by atoms with van der Waals surface area (Å²) in [5.74, 6) is 0.157. The van der Waals surface area contributed by atoms with Gasteiger partial charge < -0.3 is 10.1 Å². The Bertz CT molecular complexity index is 1610. The molecule has 0 aliphatic carbocycles. The van der Waals surface area contributed by atoms with Crippen LogP contribution in [-0.4, -0.2) is 22.6 Å². The van der Waals surface area contributed by atoms with E-state index in [2.05, 4.69) is 22.4 Å². The highest BCUT2D eigenvalue weighted by Gasteiger charge is 2.21. The molecule has 1 unspecified atom stereocenters. The second-order valence-electron chi connectivity index (χ2n) is 7.86. The number of rotatable bonds is 5. The summed E-state index contributed by atoms with van der Waals surface area (Å²) < 4.78 is 6.51. The van der Waals surface area contributed by atoms with Gasteiger partial charge in [-0.3, -0.25) is 14.2 Å². The SMILES string of the molecule is COc1ccc(NC(=O)C(C)n2cnc3scc(-c4ccc5ccccc5c4)c3c2=O)cc1Cl. The minimum atomic E-state index is -0.783. The van der Waals surface area contributed by atoms with Crippen LogP contribution < -0.4 is 15.6 Å². The fourth-order valence-corrected chi connectivity index (χ4v) is 5.07. The average Bonchev–Trinajstić information content (AvgIpc) is 3.29. The Hall–Kier alpha value is -3.68. The molecule has 2 heterocycles. The van der Waals surface area contributed by atoms with Crippen molar-refractivity contribution in [3.63, 3.8) is 0 Å². The van der Waals surface area contributed by atoms with E-state index in [4.69, 9.17) is 16.3 Å². The monoisotopic (exact) mass is 489 g/mol. The molecule has 8 heteroatoms. The molecule has 0 saturated heterocycles. The first-order valence-electron chi connectivity index (χ1n) is 10.6. The van der Waals surface area contributed by atoms with Gasteiger partial charge in [0.1, 0.15) is 16.6 Å². The molecule has 1 amide bonds. The number of nitrogens with zero attached hydrogens (tertiary/aromatic N) is 2. The van der Waals surface area contributed by atoms with E-state index in [1.165, 1.54) is 29.3 Å². The summed E-state index contributed by atoms with van der Waals surface area (Å²) in [4.78, 5) is 31.5. The van der Waals surface area contributed by atoms with Crippen LogP contribution >= 0.6 is 22.9 Å². The molecule has 170 valence electrons. The van der Waals surface area contributed by atoms with Crippen LogP contribution in [0.4, 0.5) is 5.69 Å². The van der Waals surface area contributed by atoms with Gasteiger partial charge in [0.05, 0.1) is 23.8 Å². The van der Waals surface area contributed by atoms with Crippen LogP contribution in [0.5, 0.6) is 5.75 Å². The third-order valence-electron chi connectivity index (χ3n) is 5.80. The Labute approximate surface area is 204 Å². The van der Waals surface area contributed by atoms with Crippen molar-refractivity contribution < 1.29 is 9.53 Å². The minimum absolute atomic E-state index is 0.259. The Morgan fingerprint density at radius 3 is 2.68 bits per heavy atom. The summed E-state index contributed by atoms with van der Waals surface area (Å²) in [5.41, 5.74) is 2.00. The molecule has 5 rings (SSSR count). The predicted octanol–water partition coefficient (Wildman–Crippen LogP) is 6.14. The van der Waals surface area contributed by atoms with Crippen molar-refractivity contribution in [3.05, 3.63) is 87.7 Å². The number of hydrogen-bond donors (Lipinski definition) is 1. The number of fused-ring (bicyclic) bond motifs is 2. The summed E-state index contributed by atoms with van der Waals surface area (Å²) in [6.45, 7) is 1.66. The first kappa shape index (κ1) is 22.1. The van der Waals surface area contributed by atoms with Crippen molar-refractivity contribution in [1.82, 2.24) is 9.55 Å². The highest BCUT2D eigenvalue weighted by atomic mass is 35.5. The number of benzene rings is 3. The zero-order valence-corrected chi connectivity index (χ0v) is 20.0. The normalized spacial score (nSPS) is 12.1. The molecule has 0 aliphatic rings. The van der Waals surface area contributed by atoms with Crippen LogP contribution in [0.2, 0.25) is 5.02 Å². The molecule has 34 heavy (non-hydrogen) atoms. The number of thiophene rings is 1. The topological polar surface area (TPSA) is 73.2 Å². The first-order valence-corrected chi connectivity index (χ1v) is 11.8. The molecule has 6 nitrogen and oxygen atoms in total. The lowest BCUT2D eigenvalue weighted by Crippen LogP contribution is -2.31. The second kappa shape index (κ2) is 8.93. The minimum Gasteiger partial charge on any atom is -0.495 e. The molecule has 5 aromatic rings. The van der Waals surface area contributed by atoms with E-state index < -0.39 is 6.04 Å². The van der Waals surface area contributed by atoms with Gasteiger partial charge in [-0.1, -0.05) is 48.0 Å². The number of amides is 1. The van der Waals surface area contributed by atoms with Crippen molar-refractivity contribution in [3.8, 4) is 16.9 Å². The number of carbonyl (C=O) groups is 1. The number of ether oxygens (including phenoxy) is 1. The summed E-state index contributed by atoms with van der Waals surface area (Å²) in [5, 5.41) is 7.86. The Balaban J connectivity index is 1.50. The lowest BCUT2D eigenvalue weighted by molar-refractivity contribution is -0.118. The van der Waals surface area contributed by atoms with E-state index >= 15 is 0 Å². The second-order valence-corrected chi connectivity index (χ2v) is 9.13. The van der Waals surface area contributed by atoms with E-state index in [-0.39, 0.29) is 11.5 Å². The molecule has 3 aromatic carbocycles. The molecule has 0 spiro atoms. The summed E-state index contributed by atoms with van der Waals surface area (Å²) in [6.07, 6.45) is 1.43. The number of carbonyl (C=O) groups excluding carboxylic acids is 1. The molecule has 1 N–H and O–H groups in total. The summed E-state index contributed by atoms with van der Waals surface area (Å²) >= 11 is 7.57. The molecule has 0 aliphatic heterocycles. The van der Waals surface area contributed by atoms with Gasteiger partial charge >= 0.3 is 0 Å². The maximum Gasteiger partial charge on any atom is 0.263 e. The van der Waals surface area contributed by atoms with E-state index in [1.54, 1.807) is 25.1 Å². The number of nitrogens with one attached hydrogen (secondary N) is 1. The summed E-state index contributed by atoms with van der Waals surface area (Å²) in [6, 6.07) is 18.4. The van der Waals surface area contributed by atoms with Crippen LogP contribution in [0.25, 0.3) is 32.1 Å².